The third-order valence-electron chi connectivity index (χ3n) is 3.77. The van der Waals surface area contributed by atoms with Crippen LogP contribution in [0.1, 0.15) is 12.5 Å². The van der Waals surface area contributed by atoms with Crippen LogP contribution in [0, 0.1) is 10.1 Å². The molecule has 0 saturated carbocycles. The molecule has 144 valence electrons. The Morgan fingerprint density at radius 1 is 1.21 bits per heavy atom. The van der Waals surface area contributed by atoms with Crippen molar-refractivity contribution < 1.29 is 23.6 Å². The average Bonchev–Trinajstić information content (AvgIpc) is 2.66. The molecule has 0 fully saturated rings. The summed E-state index contributed by atoms with van der Waals surface area (Å²) >= 11 is 0. The maximum Gasteiger partial charge on any atom is 0.411 e. The van der Waals surface area contributed by atoms with E-state index in [4.69, 9.17) is 13.9 Å². The molecule has 0 atom stereocenters. The molecule has 3 aromatic rings. The Morgan fingerprint density at radius 2 is 2.04 bits per heavy atom. The summed E-state index contributed by atoms with van der Waals surface area (Å²) in [5.74, 6) is 0.302. The summed E-state index contributed by atoms with van der Waals surface area (Å²) < 4.78 is 15.6. The Morgan fingerprint density at radius 3 is 2.79 bits per heavy atom. The normalized spacial score (nSPS) is 10.5. The fourth-order valence-corrected chi connectivity index (χ4v) is 2.56. The minimum atomic E-state index is -0.616. The zero-order chi connectivity index (χ0) is 20.1. The maximum atomic E-state index is 11.9. The van der Waals surface area contributed by atoms with Crippen LogP contribution in [0.5, 0.6) is 5.75 Å². The molecule has 0 unspecified atom stereocenters. The topological polar surface area (TPSA) is 121 Å². The molecule has 28 heavy (non-hydrogen) atoms. The maximum absolute atomic E-state index is 11.9. The molecule has 1 aromatic heterocycles. The van der Waals surface area contributed by atoms with Crippen LogP contribution in [0.25, 0.3) is 11.0 Å². The summed E-state index contributed by atoms with van der Waals surface area (Å²) in [6, 6.07) is 11.9. The van der Waals surface area contributed by atoms with Crippen LogP contribution in [-0.2, 0) is 11.3 Å². The van der Waals surface area contributed by atoms with E-state index in [0.29, 0.717) is 22.4 Å². The van der Waals surface area contributed by atoms with Gasteiger partial charge in [-0.1, -0.05) is 6.07 Å². The summed E-state index contributed by atoms with van der Waals surface area (Å²) in [5, 5.41) is 14.0. The lowest BCUT2D eigenvalue weighted by Crippen LogP contribution is -2.13. The molecule has 0 bridgehead atoms. The predicted molar refractivity (Wildman–Crippen MR) is 101 cm³/mol. The number of nitro benzene ring substituents is 1. The first kappa shape index (κ1) is 18.9. The van der Waals surface area contributed by atoms with Crippen molar-refractivity contribution in [1.29, 1.82) is 0 Å². The van der Waals surface area contributed by atoms with Gasteiger partial charge >= 0.3 is 11.7 Å². The highest BCUT2D eigenvalue weighted by Gasteiger charge is 2.11. The van der Waals surface area contributed by atoms with Gasteiger partial charge in [0.15, 0.2) is 0 Å². The molecule has 1 N–H and O–H groups in total. The van der Waals surface area contributed by atoms with Gasteiger partial charge < -0.3 is 13.9 Å². The molecule has 0 aliphatic heterocycles. The Labute approximate surface area is 158 Å². The Balaban J connectivity index is 1.85. The minimum Gasteiger partial charge on any atom is -0.489 e. The van der Waals surface area contributed by atoms with E-state index in [1.807, 2.05) is 0 Å². The molecule has 3 rings (SSSR count). The number of anilines is 1. The van der Waals surface area contributed by atoms with Gasteiger partial charge in [0.25, 0.3) is 5.69 Å². The Bertz CT molecular complexity index is 1090. The molecule has 0 spiro atoms. The van der Waals surface area contributed by atoms with Gasteiger partial charge in [-0.2, -0.15) is 0 Å². The first-order valence-corrected chi connectivity index (χ1v) is 8.34. The molecule has 0 saturated heterocycles. The number of nitrogens with one attached hydrogen (secondary N) is 1. The number of nitrogens with zero attached hydrogens (tertiary/aromatic N) is 1. The first-order chi connectivity index (χ1) is 13.5. The van der Waals surface area contributed by atoms with Crippen LogP contribution in [0.3, 0.4) is 0 Å². The number of nitro groups is 1. The lowest BCUT2D eigenvalue weighted by Gasteiger charge is -2.10. The molecule has 0 aliphatic carbocycles. The molecule has 1 amide bonds. The van der Waals surface area contributed by atoms with E-state index in [1.165, 1.54) is 30.3 Å². The number of rotatable bonds is 6. The van der Waals surface area contributed by atoms with Crippen LogP contribution in [-0.4, -0.2) is 17.6 Å². The van der Waals surface area contributed by atoms with Crippen molar-refractivity contribution in [2.75, 3.05) is 11.9 Å². The van der Waals surface area contributed by atoms with Crippen molar-refractivity contribution in [2.24, 2.45) is 0 Å². The smallest absolute Gasteiger partial charge is 0.411 e. The van der Waals surface area contributed by atoms with Crippen molar-refractivity contribution in [2.45, 2.75) is 13.5 Å². The number of carbonyl (C=O) groups is 1. The number of hydrogen-bond donors (Lipinski definition) is 1. The highest BCUT2D eigenvalue weighted by Crippen LogP contribution is 2.24. The zero-order valence-electron chi connectivity index (χ0n) is 14.8. The average molecular weight is 384 g/mol. The molecule has 0 aliphatic rings. The molecule has 1 heterocycles. The number of amides is 1. The fraction of sp³-hybridized carbons (Fsp3) is 0.158. The van der Waals surface area contributed by atoms with Gasteiger partial charge in [-0.05, 0) is 25.1 Å². The van der Waals surface area contributed by atoms with Gasteiger partial charge in [-0.3, -0.25) is 15.4 Å². The van der Waals surface area contributed by atoms with Crippen molar-refractivity contribution in [3.63, 3.8) is 0 Å². The van der Waals surface area contributed by atoms with Crippen LogP contribution in [0.2, 0.25) is 0 Å². The summed E-state index contributed by atoms with van der Waals surface area (Å²) in [5.41, 5.74) is 0.536. The summed E-state index contributed by atoms with van der Waals surface area (Å²) in [7, 11) is 0. The molecular weight excluding hydrogens is 368 g/mol. The number of ether oxygens (including phenoxy) is 2. The second-order valence-corrected chi connectivity index (χ2v) is 5.69. The number of non-ortho nitro benzene ring substituents is 1. The highest BCUT2D eigenvalue weighted by atomic mass is 16.6. The molecule has 9 heteroatoms. The number of carbonyl (C=O) groups excluding carboxylic acids is 1. The Hall–Kier alpha value is -3.88. The second kappa shape index (κ2) is 8.21. The number of hydrogen-bond acceptors (Lipinski definition) is 7. The van der Waals surface area contributed by atoms with E-state index in [0.717, 1.165) is 0 Å². The standard InChI is InChI=1S/C19H16N2O7/c1-2-26-19(23)20-13-6-7-16-12(8-18(22)28-17(16)9-13)11-27-15-5-3-4-14(10-15)21(24)25/h3-10H,2,11H2,1H3,(H,20,23). The number of fused-ring (bicyclic) bond motifs is 1. The largest absolute Gasteiger partial charge is 0.489 e. The van der Waals surface area contributed by atoms with Gasteiger partial charge in [0.1, 0.15) is 17.9 Å². The van der Waals surface area contributed by atoms with Crippen LogP contribution in [0.15, 0.2) is 57.7 Å². The summed E-state index contributed by atoms with van der Waals surface area (Å²) in [6.07, 6.45) is -0.616. The van der Waals surface area contributed by atoms with Gasteiger partial charge in [0.05, 0.1) is 17.6 Å². The summed E-state index contributed by atoms with van der Waals surface area (Å²) in [4.78, 5) is 33.7. The summed E-state index contributed by atoms with van der Waals surface area (Å²) in [6.45, 7) is 1.92. The minimum absolute atomic E-state index is 0.00786. The predicted octanol–water partition coefficient (Wildman–Crippen LogP) is 3.85. The lowest BCUT2D eigenvalue weighted by atomic mass is 10.1. The van der Waals surface area contributed by atoms with Crippen LogP contribution in [0.4, 0.5) is 16.2 Å². The third kappa shape index (κ3) is 4.44. The van der Waals surface area contributed by atoms with E-state index in [9.17, 15) is 19.7 Å². The van der Waals surface area contributed by atoms with E-state index < -0.39 is 16.6 Å². The SMILES string of the molecule is CCOC(=O)Nc1ccc2c(COc3cccc([N+](=O)[O-])c3)cc(=O)oc2c1. The van der Waals surface area contributed by atoms with Crippen LogP contribution < -0.4 is 15.7 Å². The van der Waals surface area contributed by atoms with E-state index >= 15 is 0 Å². The van der Waals surface area contributed by atoms with Gasteiger partial charge in [0, 0.05) is 34.8 Å². The monoisotopic (exact) mass is 384 g/mol. The highest BCUT2D eigenvalue weighted by molar-refractivity contribution is 5.89. The van der Waals surface area contributed by atoms with Crippen molar-refractivity contribution in [3.05, 3.63) is 74.6 Å². The zero-order valence-corrected chi connectivity index (χ0v) is 14.8. The molecule has 0 radical (unpaired) electrons. The van der Waals surface area contributed by atoms with Crippen molar-refractivity contribution in [1.82, 2.24) is 0 Å². The molecular formula is C19H16N2O7. The quantitative estimate of drug-likeness (QED) is 0.389. The fourth-order valence-electron chi connectivity index (χ4n) is 2.56. The van der Waals surface area contributed by atoms with Gasteiger partial charge in [0.2, 0.25) is 0 Å². The third-order valence-corrected chi connectivity index (χ3v) is 3.77. The number of benzene rings is 2. The van der Waals surface area contributed by atoms with Crippen LogP contribution >= 0.6 is 0 Å². The van der Waals surface area contributed by atoms with E-state index in [1.54, 1.807) is 25.1 Å². The second-order valence-electron chi connectivity index (χ2n) is 5.69. The van der Waals surface area contributed by atoms with E-state index in [-0.39, 0.29) is 24.5 Å². The van der Waals surface area contributed by atoms with E-state index in [2.05, 4.69) is 5.32 Å². The van der Waals surface area contributed by atoms with Gasteiger partial charge in [-0.25, -0.2) is 9.59 Å². The lowest BCUT2D eigenvalue weighted by molar-refractivity contribution is -0.384. The van der Waals surface area contributed by atoms with Crippen molar-refractivity contribution in [3.8, 4) is 5.75 Å². The Kier molecular flexibility index (Phi) is 5.54. The molecule has 9 nitrogen and oxygen atoms in total. The molecule has 2 aromatic carbocycles. The van der Waals surface area contributed by atoms with Gasteiger partial charge in [-0.15, -0.1) is 0 Å². The van der Waals surface area contributed by atoms with Crippen molar-refractivity contribution >= 4 is 28.4 Å². The first-order valence-electron chi connectivity index (χ1n) is 8.34.